The minimum atomic E-state index is -0.437. The lowest BCUT2D eigenvalue weighted by Gasteiger charge is -2.22. The number of furan rings is 1. The third-order valence-corrected chi connectivity index (χ3v) is 5.62. The molecule has 1 aliphatic heterocycles. The highest BCUT2D eigenvalue weighted by atomic mass is 16.3. The molecule has 1 aliphatic rings. The van der Waals surface area contributed by atoms with Gasteiger partial charge in [0, 0.05) is 35.5 Å². The van der Waals surface area contributed by atoms with Crippen LogP contribution in [0.15, 0.2) is 94.7 Å². The van der Waals surface area contributed by atoms with Gasteiger partial charge in [-0.05, 0) is 25.1 Å². The highest BCUT2D eigenvalue weighted by Crippen LogP contribution is 2.38. The lowest BCUT2D eigenvalue weighted by Crippen LogP contribution is -2.27. The van der Waals surface area contributed by atoms with Crippen molar-refractivity contribution in [2.75, 3.05) is 0 Å². The van der Waals surface area contributed by atoms with E-state index < -0.39 is 6.04 Å². The summed E-state index contributed by atoms with van der Waals surface area (Å²) < 4.78 is 5.90. The highest BCUT2D eigenvalue weighted by Gasteiger charge is 2.36. The molecule has 6 nitrogen and oxygen atoms in total. The van der Waals surface area contributed by atoms with Gasteiger partial charge in [-0.15, -0.1) is 0 Å². The van der Waals surface area contributed by atoms with E-state index in [1.54, 1.807) is 37.5 Å². The molecule has 158 valence electrons. The zero-order valence-electron chi connectivity index (χ0n) is 17.5. The van der Waals surface area contributed by atoms with Crippen LogP contribution in [-0.4, -0.2) is 26.7 Å². The van der Waals surface area contributed by atoms with Crippen LogP contribution in [0.5, 0.6) is 5.75 Å². The predicted octanol–water partition coefficient (Wildman–Crippen LogP) is 5.35. The Kier molecular flexibility index (Phi) is 5.03. The van der Waals surface area contributed by atoms with Gasteiger partial charge in [0.1, 0.15) is 17.3 Å². The number of carbonyl (C=O) groups is 1. The fourth-order valence-corrected chi connectivity index (χ4v) is 3.98. The van der Waals surface area contributed by atoms with E-state index in [0.29, 0.717) is 29.1 Å². The number of para-hydroxylation sites is 1. The molecule has 0 spiro atoms. The quantitative estimate of drug-likeness (QED) is 0.480. The summed E-state index contributed by atoms with van der Waals surface area (Å²) in [6.45, 7) is 1.77. The molecule has 32 heavy (non-hydrogen) atoms. The largest absolute Gasteiger partial charge is 0.508 e. The lowest BCUT2D eigenvalue weighted by molar-refractivity contribution is 0.0708. The minimum Gasteiger partial charge on any atom is -0.508 e. The van der Waals surface area contributed by atoms with E-state index in [4.69, 9.17) is 4.42 Å². The van der Waals surface area contributed by atoms with Gasteiger partial charge in [0.15, 0.2) is 0 Å². The van der Waals surface area contributed by atoms with E-state index in [0.717, 1.165) is 16.8 Å². The molecule has 1 amide bonds. The smallest absolute Gasteiger partial charge is 0.278 e. The Labute approximate surface area is 185 Å². The number of carbonyl (C=O) groups excluding carboxylic acids is 1. The zero-order valence-corrected chi connectivity index (χ0v) is 17.5. The fraction of sp³-hybridized carbons (Fsp3) is 0.115. The van der Waals surface area contributed by atoms with Gasteiger partial charge in [-0.1, -0.05) is 54.6 Å². The average Bonchev–Trinajstić information content (AvgIpc) is 3.44. The monoisotopic (exact) mass is 423 g/mol. The Morgan fingerprint density at radius 2 is 1.78 bits per heavy atom. The third-order valence-electron chi connectivity index (χ3n) is 5.62. The van der Waals surface area contributed by atoms with Crippen molar-refractivity contribution in [3.63, 3.8) is 0 Å². The zero-order chi connectivity index (χ0) is 22.1. The summed E-state index contributed by atoms with van der Waals surface area (Å²) in [7, 11) is 0. The van der Waals surface area contributed by atoms with Crippen molar-refractivity contribution in [3.05, 3.63) is 108 Å². The summed E-state index contributed by atoms with van der Waals surface area (Å²) >= 11 is 0. The molecule has 0 radical (unpaired) electrons. The molecule has 1 unspecified atom stereocenters. The Hall–Kier alpha value is -4.19. The molecule has 0 bridgehead atoms. The van der Waals surface area contributed by atoms with Crippen molar-refractivity contribution in [1.29, 1.82) is 0 Å². The average molecular weight is 423 g/mol. The first kappa shape index (κ1) is 19.8. The predicted molar refractivity (Wildman–Crippen MR) is 121 cm³/mol. The number of aromatic hydroxyl groups is 1. The van der Waals surface area contributed by atoms with Crippen LogP contribution in [0.2, 0.25) is 0 Å². The summed E-state index contributed by atoms with van der Waals surface area (Å²) in [5.41, 5.74) is 3.57. The summed E-state index contributed by atoms with van der Waals surface area (Å²) in [6.07, 6.45) is 3.89. The van der Waals surface area contributed by atoms with Crippen LogP contribution >= 0.6 is 0 Å². The first-order valence-electron chi connectivity index (χ1n) is 10.4. The first-order chi connectivity index (χ1) is 15.6. The maximum Gasteiger partial charge on any atom is 0.278 e. The van der Waals surface area contributed by atoms with Gasteiger partial charge in [0.2, 0.25) is 0 Å². The molecular formula is C26H21N3O3. The summed E-state index contributed by atoms with van der Waals surface area (Å²) in [4.78, 5) is 17.8. The molecule has 3 heterocycles. The second kappa shape index (κ2) is 8.15. The number of hydrogen-bond donors (Lipinski definition) is 1. The van der Waals surface area contributed by atoms with Crippen molar-refractivity contribution in [2.24, 2.45) is 5.10 Å². The molecule has 1 atom stereocenters. The maximum absolute atomic E-state index is 13.6. The molecule has 0 saturated heterocycles. The fourth-order valence-electron chi connectivity index (χ4n) is 3.98. The summed E-state index contributed by atoms with van der Waals surface area (Å²) in [5.74, 6) is 1.00. The second-order valence-electron chi connectivity index (χ2n) is 7.66. The molecule has 2 aromatic heterocycles. The van der Waals surface area contributed by atoms with Gasteiger partial charge in [0.25, 0.3) is 5.91 Å². The van der Waals surface area contributed by atoms with Crippen LogP contribution in [0.3, 0.4) is 0 Å². The van der Waals surface area contributed by atoms with Crippen molar-refractivity contribution < 1.29 is 14.3 Å². The van der Waals surface area contributed by atoms with E-state index in [1.165, 1.54) is 5.01 Å². The number of benzene rings is 2. The third kappa shape index (κ3) is 3.56. The van der Waals surface area contributed by atoms with Gasteiger partial charge in [-0.25, -0.2) is 5.01 Å². The van der Waals surface area contributed by atoms with E-state index in [-0.39, 0.29) is 11.7 Å². The van der Waals surface area contributed by atoms with E-state index >= 15 is 0 Å². The number of rotatable bonds is 4. The number of amides is 1. The number of hydrogen-bond acceptors (Lipinski definition) is 5. The molecule has 0 aliphatic carbocycles. The molecule has 2 aromatic carbocycles. The first-order valence-corrected chi connectivity index (χ1v) is 10.4. The van der Waals surface area contributed by atoms with Crippen molar-refractivity contribution in [1.82, 2.24) is 9.99 Å². The van der Waals surface area contributed by atoms with Crippen LogP contribution < -0.4 is 0 Å². The molecule has 1 N–H and O–H groups in total. The number of phenols is 1. The van der Waals surface area contributed by atoms with Crippen LogP contribution in [-0.2, 0) is 0 Å². The van der Waals surface area contributed by atoms with Crippen LogP contribution in [0.1, 0.15) is 39.7 Å². The van der Waals surface area contributed by atoms with Crippen LogP contribution in [0.4, 0.5) is 0 Å². The Morgan fingerprint density at radius 3 is 2.53 bits per heavy atom. The van der Waals surface area contributed by atoms with Crippen molar-refractivity contribution in [3.8, 4) is 17.1 Å². The molecular weight excluding hydrogens is 402 g/mol. The summed E-state index contributed by atoms with van der Waals surface area (Å²) in [5, 5.41) is 16.6. The number of aryl methyl sites for hydroxylation is 1. The molecule has 0 saturated carbocycles. The number of phenolic OH excluding ortho intramolecular Hbond substituents is 1. The summed E-state index contributed by atoms with van der Waals surface area (Å²) in [6, 6.07) is 21.8. The Balaban J connectivity index is 1.55. The number of aromatic nitrogens is 1. The highest BCUT2D eigenvalue weighted by molar-refractivity contribution is 6.05. The molecule has 0 fully saturated rings. The molecule has 6 heteroatoms. The van der Waals surface area contributed by atoms with Gasteiger partial charge in [0.05, 0.1) is 17.3 Å². The lowest BCUT2D eigenvalue weighted by atomic mass is 9.98. The number of hydrazone groups is 1. The number of pyridine rings is 1. The second-order valence-corrected chi connectivity index (χ2v) is 7.66. The van der Waals surface area contributed by atoms with Gasteiger partial charge < -0.3 is 9.52 Å². The van der Waals surface area contributed by atoms with Crippen molar-refractivity contribution >= 4 is 11.6 Å². The van der Waals surface area contributed by atoms with Crippen molar-refractivity contribution in [2.45, 2.75) is 19.4 Å². The standard InChI is InChI=1S/C26H21N3O3/c1-17-21(14-25(32-17)18-8-3-2-4-9-18)26(31)29-23(20-11-5-6-12-24(20)30)15-22(28-29)19-10-7-13-27-16-19/h2-14,16,23,30H,15H2,1H3. The Morgan fingerprint density at radius 1 is 1.03 bits per heavy atom. The SMILES string of the molecule is Cc1oc(-c2ccccc2)cc1C(=O)N1N=C(c2cccnc2)CC1c1ccccc1O. The molecule has 5 rings (SSSR count). The Bertz CT molecular complexity index is 1300. The van der Waals surface area contributed by atoms with E-state index in [2.05, 4.69) is 10.1 Å². The minimum absolute atomic E-state index is 0.131. The van der Waals surface area contributed by atoms with Gasteiger partial charge in [-0.3, -0.25) is 9.78 Å². The van der Waals surface area contributed by atoms with Crippen LogP contribution in [0.25, 0.3) is 11.3 Å². The van der Waals surface area contributed by atoms with Gasteiger partial charge in [-0.2, -0.15) is 5.10 Å². The number of nitrogens with zero attached hydrogens (tertiary/aromatic N) is 3. The van der Waals surface area contributed by atoms with E-state index in [9.17, 15) is 9.90 Å². The topological polar surface area (TPSA) is 78.9 Å². The van der Waals surface area contributed by atoms with E-state index in [1.807, 2.05) is 54.6 Å². The maximum atomic E-state index is 13.6. The molecule has 4 aromatic rings. The normalized spacial score (nSPS) is 15.6. The van der Waals surface area contributed by atoms with Crippen LogP contribution in [0, 0.1) is 6.92 Å². The van der Waals surface area contributed by atoms with Gasteiger partial charge >= 0.3 is 0 Å².